The van der Waals surface area contributed by atoms with Crippen LogP contribution in [0.1, 0.15) is 39.0 Å². The van der Waals surface area contributed by atoms with Gasteiger partial charge in [0.05, 0.1) is 16.1 Å². The van der Waals surface area contributed by atoms with E-state index >= 15 is 0 Å². The number of hydrogen-bond acceptors (Lipinski definition) is 2. The number of hydrogen-bond donors (Lipinski definition) is 1. The minimum Gasteiger partial charge on any atom is -0.304 e. The lowest BCUT2D eigenvalue weighted by molar-refractivity contribution is -0.313. The van der Waals surface area contributed by atoms with Gasteiger partial charge in [0.15, 0.2) is 0 Å². The van der Waals surface area contributed by atoms with Gasteiger partial charge in [-0.25, -0.2) is 9.37 Å². The van der Waals surface area contributed by atoms with Gasteiger partial charge in [-0.1, -0.05) is 11.6 Å². The van der Waals surface area contributed by atoms with Crippen LogP contribution >= 0.6 is 11.6 Å². The van der Waals surface area contributed by atoms with Gasteiger partial charge < -0.3 is 4.57 Å². The molecule has 1 aromatic heterocycles. The van der Waals surface area contributed by atoms with Crippen LogP contribution in [0.15, 0.2) is 12.1 Å². The molecule has 0 bridgehead atoms. The molecule has 2 aliphatic rings. The molecule has 0 saturated heterocycles. The molecule has 1 amide bonds. The summed E-state index contributed by atoms with van der Waals surface area (Å²) in [5.41, 5.74) is 0.363. The number of alkyl halides is 4. The van der Waals surface area contributed by atoms with Crippen LogP contribution in [-0.4, -0.2) is 27.3 Å². The Bertz CT molecular complexity index is 970. The lowest BCUT2D eigenvalue weighted by Crippen LogP contribution is -2.59. The molecular weight excluding hydrogens is 405 g/mol. The minimum absolute atomic E-state index is 0.0678. The monoisotopic (exact) mass is 421 g/mol. The third-order valence-electron chi connectivity index (χ3n) is 5.85. The zero-order chi connectivity index (χ0) is 20.5. The van der Waals surface area contributed by atoms with Gasteiger partial charge in [0, 0.05) is 30.4 Å². The maximum Gasteiger partial charge on any atom is 0.313 e. The van der Waals surface area contributed by atoms with Crippen LogP contribution in [0, 0.1) is 11.7 Å². The van der Waals surface area contributed by atoms with Crippen LogP contribution in [0.3, 0.4) is 0 Å². The van der Waals surface area contributed by atoms with Crippen LogP contribution in [0.2, 0.25) is 5.02 Å². The number of rotatable bonds is 4. The molecule has 1 N–H and O–H groups in total. The summed E-state index contributed by atoms with van der Waals surface area (Å²) < 4.78 is 68.4. The Morgan fingerprint density at radius 1 is 1.32 bits per heavy atom. The number of fused-ring (bicyclic) bond motifs is 1. The number of nitrogens with one attached hydrogen (secondary N) is 1. The van der Waals surface area contributed by atoms with Crippen LogP contribution in [-0.2, 0) is 10.3 Å². The van der Waals surface area contributed by atoms with Crippen molar-refractivity contribution < 1.29 is 26.7 Å². The van der Waals surface area contributed by atoms with E-state index in [0.29, 0.717) is 5.52 Å². The van der Waals surface area contributed by atoms with Gasteiger partial charge in [-0.2, -0.15) is 17.6 Å². The summed E-state index contributed by atoms with van der Waals surface area (Å²) in [6, 6.07) is 2.53. The zero-order valence-corrected chi connectivity index (χ0v) is 15.6. The molecular formula is C18H17ClF5N3O. The van der Waals surface area contributed by atoms with E-state index in [1.165, 1.54) is 6.07 Å². The number of carbonyl (C=O) groups excluding carboxylic acids is 1. The van der Waals surface area contributed by atoms with Crippen LogP contribution < -0.4 is 5.32 Å². The van der Waals surface area contributed by atoms with E-state index in [1.54, 1.807) is 4.57 Å². The maximum absolute atomic E-state index is 13.8. The molecule has 0 radical (unpaired) electrons. The molecule has 1 aromatic carbocycles. The van der Waals surface area contributed by atoms with Crippen LogP contribution in [0.5, 0.6) is 0 Å². The SMILES string of the molecule is CC1(n2c(NC(=O)CC3CC(F)(F)C3(F)F)nc3cc(F)c(Cl)cc32)CCC1. The van der Waals surface area contributed by atoms with Crippen molar-refractivity contribution in [2.45, 2.75) is 56.4 Å². The van der Waals surface area contributed by atoms with Gasteiger partial charge in [0.25, 0.3) is 0 Å². The molecule has 152 valence electrons. The highest BCUT2D eigenvalue weighted by Gasteiger charge is 2.71. The predicted molar refractivity (Wildman–Crippen MR) is 93.4 cm³/mol. The van der Waals surface area contributed by atoms with E-state index < -0.39 is 47.9 Å². The Hall–Kier alpha value is -1.90. The van der Waals surface area contributed by atoms with Gasteiger partial charge in [-0.05, 0) is 32.3 Å². The molecule has 0 spiro atoms. The summed E-state index contributed by atoms with van der Waals surface area (Å²) >= 11 is 5.88. The number of nitrogens with zero attached hydrogens (tertiary/aromatic N) is 2. The van der Waals surface area contributed by atoms with E-state index in [4.69, 9.17) is 11.6 Å². The molecule has 2 aliphatic carbocycles. The summed E-state index contributed by atoms with van der Waals surface area (Å²) in [5.74, 6) is -11.5. The Morgan fingerprint density at radius 2 is 2.00 bits per heavy atom. The topological polar surface area (TPSA) is 46.9 Å². The quantitative estimate of drug-likeness (QED) is 0.677. The predicted octanol–water partition coefficient (Wildman–Crippen LogP) is 5.35. The van der Waals surface area contributed by atoms with Gasteiger partial charge in [-0.15, -0.1) is 0 Å². The fourth-order valence-electron chi connectivity index (χ4n) is 3.96. The second kappa shape index (κ2) is 6.05. The molecule has 10 heteroatoms. The highest BCUT2D eigenvalue weighted by molar-refractivity contribution is 6.31. The molecule has 1 unspecified atom stereocenters. The number of amides is 1. The summed E-state index contributed by atoms with van der Waals surface area (Å²) in [5, 5.41) is 2.34. The second-order valence-corrected chi connectivity index (χ2v) is 8.26. The molecule has 0 aliphatic heterocycles. The summed E-state index contributed by atoms with van der Waals surface area (Å²) in [4.78, 5) is 16.5. The van der Waals surface area contributed by atoms with Crippen molar-refractivity contribution in [2.24, 2.45) is 5.92 Å². The first-order chi connectivity index (χ1) is 12.9. The highest BCUT2D eigenvalue weighted by Crippen LogP contribution is 2.56. The van der Waals surface area contributed by atoms with Crippen molar-refractivity contribution in [3.05, 3.63) is 23.0 Å². The molecule has 28 heavy (non-hydrogen) atoms. The lowest BCUT2D eigenvalue weighted by Gasteiger charge is -2.43. The molecule has 4 nitrogen and oxygen atoms in total. The summed E-state index contributed by atoms with van der Waals surface area (Å²) in [6.07, 6.45) is 0.717. The Balaban J connectivity index is 1.63. The molecule has 2 aromatic rings. The summed E-state index contributed by atoms with van der Waals surface area (Å²) in [7, 11) is 0. The van der Waals surface area contributed by atoms with Crippen LogP contribution in [0.25, 0.3) is 11.0 Å². The standard InChI is InChI=1S/C18H17ClF5N3O/c1-16(3-2-4-16)27-13-6-10(19)11(20)7-12(13)25-15(27)26-14(28)5-9-8-17(21,22)18(9,23)24/h6-7,9H,2-5,8H2,1H3,(H,25,26,28). The first kappa shape index (κ1) is 19.4. The number of aromatic nitrogens is 2. The van der Waals surface area contributed by atoms with Crippen molar-refractivity contribution in [1.29, 1.82) is 0 Å². The van der Waals surface area contributed by atoms with Gasteiger partial charge in [-0.3, -0.25) is 10.1 Å². The Kier molecular flexibility index (Phi) is 4.19. The zero-order valence-electron chi connectivity index (χ0n) is 14.8. The fourth-order valence-corrected chi connectivity index (χ4v) is 4.11. The van der Waals surface area contributed by atoms with Crippen molar-refractivity contribution in [1.82, 2.24) is 9.55 Å². The number of benzene rings is 1. The molecule has 2 fully saturated rings. The largest absolute Gasteiger partial charge is 0.313 e. The summed E-state index contributed by atoms with van der Waals surface area (Å²) in [6.45, 7) is 1.94. The third kappa shape index (κ3) is 2.77. The lowest BCUT2D eigenvalue weighted by atomic mass is 9.74. The normalized spacial score (nSPS) is 24.5. The fraction of sp³-hybridized carbons (Fsp3) is 0.556. The Morgan fingerprint density at radius 3 is 2.54 bits per heavy atom. The first-order valence-electron chi connectivity index (χ1n) is 8.88. The molecule has 4 rings (SSSR count). The average molecular weight is 422 g/mol. The van der Waals surface area contributed by atoms with E-state index in [2.05, 4.69) is 10.3 Å². The highest BCUT2D eigenvalue weighted by atomic mass is 35.5. The van der Waals surface area contributed by atoms with Crippen LogP contribution in [0.4, 0.5) is 27.9 Å². The molecule has 1 heterocycles. The van der Waals surface area contributed by atoms with Crippen molar-refractivity contribution in [2.75, 3.05) is 5.32 Å². The first-order valence-corrected chi connectivity index (χ1v) is 9.26. The van der Waals surface area contributed by atoms with Gasteiger partial charge >= 0.3 is 11.8 Å². The average Bonchev–Trinajstić information content (AvgIpc) is 2.89. The number of halogens is 6. The van der Waals surface area contributed by atoms with Crippen molar-refractivity contribution >= 4 is 34.5 Å². The molecule has 2 saturated carbocycles. The van der Waals surface area contributed by atoms with E-state index in [-0.39, 0.29) is 16.5 Å². The van der Waals surface area contributed by atoms with E-state index in [9.17, 15) is 26.7 Å². The van der Waals surface area contributed by atoms with Crippen molar-refractivity contribution in [3.63, 3.8) is 0 Å². The number of anilines is 1. The van der Waals surface area contributed by atoms with Gasteiger partial charge in [0.2, 0.25) is 11.9 Å². The smallest absolute Gasteiger partial charge is 0.304 e. The van der Waals surface area contributed by atoms with Gasteiger partial charge in [0.1, 0.15) is 5.82 Å². The van der Waals surface area contributed by atoms with E-state index in [0.717, 1.165) is 25.3 Å². The number of carbonyl (C=O) groups is 1. The third-order valence-corrected chi connectivity index (χ3v) is 6.14. The Labute approximate surface area is 162 Å². The van der Waals surface area contributed by atoms with E-state index in [1.807, 2.05) is 6.92 Å². The van der Waals surface area contributed by atoms with Crippen molar-refractivity contribution in [3.8, 4) is 0 Å². The minimum atomic E-state index is -4.21. The number of imidazole rings is 1. The molecule has 1 atom stereocenters. The maximum atomic E-state index is 13.8. The second-order valence-electron chi connectivity index (χ2n) is 7.86.